The van der Waals surface area contributed by atoms with Crippen molar-refractivity contribution in [2.24, 2.45) is 0 Å². The molecule has 0 aliphatic rings. The average Bonchev–Trinajstić information content (AvgIpc) is 2.77. The summed E-state index contributed by atoms with van der Waals surface area (Å²) in [6.07, 6.45) is 0.619. The molecule has 31 heavy (non-hydrogen) atoms. The quantitative estimate of drug-likeness (QED) is 0.285. The van der Waals surface area contributed by atoms with Crippen LogP contribution >= 0.6 is 23.2 Å². The molecule has 1 N–H and O–H groups in total. The molecular weight excluding hydrogens is 432 g/mol. The topological polar surface area (TPSA) is 21.3 Å². The van der Waals surface area contributed by atoms with Crippen LogP contribution in [0.1, 0.15) is 16.7 Å². The van der Waals surface area contributed by atoms with E-state index in [4.69, 9.17) is 27.9 Å². The average molecular weight is 454 g/mol. The van der Waals surface area contributed by atoms with Crippen molar-refractivity contribution in [3.8, 4) is 5.75 Å². The van der Waals surface area contributed by atoms with Crippen LogP contribution in [-0.2, 0) is 19.6 Å². The zero-order valence-corrected chi connectivity index (χ0v) is 18.4. The van der Waals surface area contributed by atoms with E-state index in [0.717, 1.165) is 27.6 Å². The van der Waals surface area contributed by atoms with Crippen LogP contribution < -0.4 is 10.1 Å². The highest BCUT2D eigenvalue weighted by Gasteiger charge is 2.11. The number of fused-ring (bicyclic) bond motifs is 1. The maximum absolute atomic E-state index is 13.9. The van der Waals surface area contributed by atoms with Gasteiger partial charge in [-0.1, -0.05) is 77.8 Å². The second-order valence-electron chi connectivity index (χ2n) is 7.31. The van der Waals surface area contributed by atoms with Gasteiger partial charge in [0.15, 0.2) is 0 Å². The van der Waals surface area contributed by atoms with E-state index in [-0.39, 0.29) is 5.82 Å². The number of benzene rings is 4. The van der Waals surface area contributed by atoms with Gasteiger partial charge >= 0.3 is 0 Å². The number of nitrogens with one attached hydrogen (secondary N) is 1. The van der Waals surface area contributed by atoms with Crippen molar-refractivity contribution < 1.29 is 9.13 Å². The van der Waals surface area contributed by atoms with Gasteiger partial charge in [0.25, 0.3) is 0 Å². The molecule has 0 unspecified atom stereocenters. The summed E-state index contributed by atoms with van der Waals surface area (Å²) < 4.78 is 20.0. The molecule has 4 aromatic carbocycles. The Labute approximate surface area is 191 Å². The van der Waals surface area contributed by atoms with Crippen molar-refractivity contribution in [1.82, 2.24) is 5.32 Å². The van der Waals surface area contributed by atoms with Gasteiger partial charge in [-0.2, -0.15) is 0 Å². The van der Waals surface area contributed by atoms with E-state index in [1.165, 1.54) is 6.07 Å². The number of hydrogen-bond donors (Lipinski definition) is 1. The Hall–Kier alpha value is -2.59. The first-order valence-electron chi connectivity index (χ1n) is 10.1. The van der Waals surface area contributed by atoms with Crippen LogP contribution in [0.5, 0.6) is 5.75 Å². The first-order chi connectivity index (χ1) is 15.1. The largest absolute Gasteiger partial charge is 0.488 e. The van der Waals surface area contributed by atoms with Gasteiger partial charge in [0, 0.05) is 27.7 Å². The van der Waals surface area contributed by atoms with Crippen LogP contribution in [0.4, 0.5) is 4.39 Å². The first-order valence-corrected chi connectivity index (χ1v) is 10.9. The van der Waals surface area contributed by atoms with Crippen LogP contribution in [0.2, 0.25) is 10.0 Å². The summed E-state index contributed by atoms with van der Waals surface area (Å²) in [5, 5.41) is 6.88. The molecule has 5 heteroatoms. The lowest BCUT2D eigenvalue weighted by Crippen LogP contribution is -2.18. The smallest absolute Gasteiger partial charge is 0.126 e. The molecule has 0 aliphatic heterocycles. The molecular formula is C26H22Cl2FNO. The Morgan fingerprint density at radius 1 is 0.839 bits per heavy atom. The molecule has 0 bridgehead atoms. The van der Waals surface area contributed by atoms with E-state index in [0.29, 0.717) is 41.7 Å². The van der Waals surface area contributed by atoms with Crippen molar-refractivity contribution in [1.29, 1.82) is 0 Å². The summed E-state index contributed by atoms with van der Waals surface area (Å²) in [6.45, 7) is 1.61. The van der Waals surface area contributed by atoms with E-state index in [1.807, 2.05) is 36.4 Å². The second-order valence-corrected chi connectivity index (χ2v) is 8.15. The molecule has 4 aromatic rings. The Morgan fingerprint density at radius 2 is 1.65 bits per heavy atom. The highest BCUT2D eigenvalue weighted by atomic mass is 35.5. The fourth-order valence-electron chi connectivity index (χ4n) is 3.57. The van der Waals surface area contributed by atoms with Gasteiger partial charge in [0.05, 0.1) is 0 Å². The molecule has 0 saturated heterocycles. The highest BCUT2D eigenvalue weighted by molar-refractivity contribution is 6.35. The SMILES string of the molecule is Fc1ccccc1CCNCc1c(OCc2ccc(Cl)cc2Cl)ccc2ccccc12. The third-order valence-electron chi connectivity index (χ3n) is 5.23. The van der Waals surface area contributed by atoms with Gasteiger partial charge in [0.2, 0.25) is 0 Å². The zero-order valence-electron chi connectivity index (χ0n) is 16.9. The van der Waals surface area contributed by atoms with Gasteiger partial charge < -0.3 is 10.1 Å². The van der Waals surface area contributed by atoms with Crippen molar-refractivity contribution in [3.63, 3.8) is 0 Å². The van der Waals surface area contributed by atoms with Crippen LogP contribution in [0.15, 0.2) is 78.9 Å². The maximum atomic E-state index is 13.9. The molecule has 0 aliphatic carbocycles. The Balaban J connectivity index is 1.50. The molecule has 2 nitrogen and oxygen atoms in total. The standard InChI is InChI=1S/C26H22Cl2FNO/c27-21-11-9-20(24(28)15-21)17-31-26-12-10-18-5-1-3-7-22(18)23(26)16-30-14-13-19-6-2-4-8-25(19)29/h1-12,15,30H,13-14,16-17H2. The minimum atomic E-state index is -0.168. The summed E-state index contributed by atoms with van der Waals surface area (Å²) in [5.74, 6) is 0.626. The molecule has 0 spiro atoms. The number of rotatable bonds is 8. The molecule has 4 rings (SSSR count). The predicted octanol–water partition coefficient (Wildman–Crippen LogP) is 7.20. The normalized spacial score (nSPS) is 11.1. The van der Waals surface area contributed by atoms with Gasteiger partial charge in [-0.05, 0) is 53.6 Å². The zero-order chi connectivity index (χ0) is 21.6. The number of halogens is 3. The summed E-state index contributed by atoms with van der Waals surface area (Å²) in [7, 11) is 0. The van der Waals surface area contributed by atoms with E-state index >= 15 is 0 Å². The first kappa shape index (κ1) is 21.6. The van der Waals surface area contributed by atoms with E-state index < -0.39 is 0 Å². The Bertz CT molecular complexity index is 1200. The van der Waals surface area contributed by atoms with Gasteiger partial charge in [-0.15, -0.1) is 0 Å². The van der Waals surface area contributed by atoms with Crippen molar-refractivity contribution >= 4 is 34.0 Å². The lowest BCUT2D eigenvalue weighted by Gasteiger charge is -2.16. The lowest BCUT2D eigenvalue weighted by molar-refractivity contribution is 0.303. The highest BCUT2D eigenvalue weighted by Crippen LogP contribution is 2.30. The Morgan fingerprint density at radius 3 is 2.48 bits per heavy atom. The van der Waals surface area contributed by atoms with E-state index in [1.54, 1.807) is 18.2 Å². The monoisotopic (exact) mass is 453 g/mol. The molecule has 0 heterocycles. The Kier molecular flexibility index (Phi) is 7.08. The third kappa shape index (κ3) is 5.37. The van der Waals surface area contributed by atoms with Crippen molar-refractivity contribution in [3.05, 3.63) is 111 Å². The fraction of sp³-hybridized carbons (Fsp3) is 0.154. The fourth-order valence-corrected chi connectivity index (χ4v) is 4.03. The van der Waals surface area contributed by atoms with Crippen molar-refractivity contribution in [2.75, 3.05) is 6.54 Å². The van der Waals surface area contributed by atoms with Gasteiger partial charge in [-0.25, -0.2) is 4.39 Å². The van der Waals surface area contributed by atoms with Crippen molar-refractivity contribution in [2.45, 2.75) is 19.6 Å². The van der Waals surface area contributed by atoms with E-state index in [2.05, 4.69) is 23.5 Å². The molecule has 0 amide bonds. The van der Waals surface area contributed by atoms with Gasteiger partial charge in [-0.3, -0.25) is 0 Å². The summed E-state index contributed by atoms with van der Waals surface area (Å²) in [5.41, 5.74) is 2.65. The van der Waals surface area contributed by atoms with Crippen LogP contribution in [-0.4, -0.2) is 6.54 Å². The molecule has 0 fully saturated rings. The minimum absolute atomic E-state index is 0.168. The second kappa shape index (κ2) is 10.1. The maximum Gasteiger partial charge on any atom is 0.126 e. The summed E-state index contributed by atoms with van der Waals surface area (Å²) in [4.78, 5) is 0. The molecule has 0 atom stereocenters. The van der Waals surface area contributed by atoms with Gasteiger partial charge in [0.1, 0.15) is 18.2 Å². The van der Waals surface area contributed by atoms with Crippen LogP contribution in [0.3, 0.4) is 0 Å². The molecule has 158 valence electrons. The number of ether oxygens (including phenoxy) is 1. The summed E-state index contributed by atoms with van der Waals surface area (Å²) in [6, 6.07) is 24.5. The third-order valence-corrected chi connectivity index (χ3v) is 5.81. The molecule has 0 saturated carbocycles. The van der Waals surface area contributed by atoms with Crippen LogP contribution in [0, 0.1) is 5.82 Å². The molecule has 0 radical (unpaired) electrons. The lowest BCUT2D eigenvalue weighted by atomic mass is 10.0. The van der Waals surface area contributed by atoms with Crippen LogP contribution in [0.25, 0.3) is 10.8 Å². The predicted molar refractivity (Wildman–Crippen MR) is 127 cm³/mol. The van der Waals surface area contributed by atoms with E-state index in [9.17, 15) is 4.39 Å². The summed E-state index contributed by atoms with van der Waals surface area (Å²) >= 11 is 12.3. The minimum Gasteiger partial charge on any atom is -0.488 e. The number of hydrogen-bond acceptors (Lipinski definition) is 2. The molecule has 0 aromatic heterocycles.